The summed E-state index contributed by atoms with van der Waals surface area (Å²) in [6, 6.07) is 2.00. The molecular formula is C17H20F4N4O4S2. The molecule has 31 heavy (non-hydrogen) atoms. The Kier molecular flexibility index (Phi) is 6.00. The molecular weight excluding hydrogens is 464 g/mol. The lowest BCUT2D eigenvalue weighted by atomic mass is 9.97. The molecule has 2 saturated heterocycles. The Balaban J connectivity index is 1.55. The molecule has 0 aliphatic carbocycles. The quantitative estimate of drug-likeness (QED) is 0.660. The van der Waals surface area contributed by atoms with E-state index in [0.717, 1.165) is 11.3 Å². The summed E-state index contributed by atoms with van der Waals surface area (Å²) < 4.78 is 80.3. The molecule has 0 amide bonds. The molecule has 4 heterocycles. The van der Waals surface area contributed by atoms with Crippen LogP contribution in [-0.4, -0.2) is 66.0 Å². The summed E-state index contributed by atoms with van der Waals surface area (Å²) >= 11 is 0.880. The van der Waals surface area contributed by atoms with Crippen molar-refractivity contribution in [2.75, 3.05) is 36.0 Å². The van der Waals surface area contributed by atoms with Crippen LogP contribution in [0.1, 0.15) is 29.7 Å². The highest BCUT2D eigenvalue weighted by molar-refractivity contribution is 7.91. The van der Waals surface area contributed by atoms with Crippen LogP contribution in [0, 0.1) is 11.0 Å². The monoisotopic (exact) mass is 484 g/mol. The topological polar surface area (TPSA) is 99.8 Å². The van der Waals surface area contributed by atoms with E-state index in [1.165, 1.54) is 11.0 Å². The fourth-order valence-electron chi connectivity index (χ4n) is 3.98. The molecule has 2 atom stereocenters. The number of aliphatic hydroxyl groups is 1. The number of aromatic nitrogens is 2. The third kappa shape index (κ3) is 4.86. The highest BCUT2D eigenvalue weighted by Gasteiger charge is 2.42. The smallest absolute Gasteiger partial charge is 0.399 e. The van der Waals surface area contributed by atoms with Crippen molar-refractivity contribution in [2.24, 2.45) is 5.92 Å². The molecule has 0 radical (unpaired) electrons. The second kappa shape index (κ2) is 8.30. The van der Waals surface area contributed by atoms with E-state index in [1.807, 2.05) is 0 Å². The number of sulfone groups is 1. The van der Waals surface area contributed by atoms with Crippen LogP contribution in [0.2, 0.25) is 0 Å². The Bertz CT molecular complexity index is 1010. The summed E-state index contributed by atoms with van der Waals surface area (Å²) in [4.78, 5) is 3.80. The van der Waals surface area contributed by atoms with Gasteiger partial charge in [0.2, 0.25) is 0 Å². The number of anilines is 1. The van der Waals surface area contributed by atoms with E-state index >= 15 is 0 Å². The van der Waals surface area contributed by atoms with E-state index < -0.39 is 39.3 Å². The van der Waals surface area contributed by atoms with Crippen LogP contribution < -0.4 is 4.90 Å². The minimum Gasteiger partial charge on any atom is -0.399 e. The largest absolute Gasteiger partial charge is 0.470 e. The number of alkyl halides is 3. The van der Waals surface area contributed by atoms with Crippen LogP contribution in [0.25, 0.3) is 0 Å². The van der Waals surface area contributed by atoms with Gasteiger partial charge in [0.25, 0.3) is 0 Å². The fourth-order valence-corrected chi connectivity index (χ4v) is 6.35. The first-order valence-corrected chi connectivity index (χ1v) is 12.2. The van der Waals surface area contributed by atoms with Gasteiger partial charge in [-0.2, -0.15) is 17.6 Å². The van der Waals surface area contributed by atoms with E-state index in [1.54, 1.807) is 11.0 Å². The van der Waals surface area contributed by atoms with Crippen LogP contribution in [-0.2, 0) is 16.0 Å². The summed E-state index contributed by atoms with van der Waals surface area (Å²) in [7, 11) is -3.10. The molecule has 2 aromatic heterocycles. The van der Waals surface area contributed by atoms with Gasteiger partial charge in [-0.25, -0.2) is 8.42 Å². The van der Waals surface area contributed by atoms with Gasteiger partial charge in [-0.15, -0.1) is 16.4 Å². The van der Waals surface area contributed by atoms with Crippen LogP contribution in [0.15, 0.2) is 16.5 Å². The van der Waals surface area contributed by atoms with E-state index in [4.69, 9.17) is 4.42 Å². The molecule has 0 spiro atoms. The number of hydrogen-bond acceptors (Lipinski definition) is 9. The number of rotatable bonds is 4. The molecule has 0 aromatic carbocycles. The first-order chi connectivity index (χ1) is 14.5. The molecule has 2 aliphatic rings. The summed E-state index contributed by atoms with van der Waals surface area (Å²) in [5.74, 6) is -1.74. The second-order valence-electron chi connectivity index (χ2n) is 7.63. The van der Waals surface area contributed by atoms with Crippen molar-refractivity contribution in [3.8, 4) is 0 Å². The van der Waals surface area contributed by atoms with Gasteiger partial charge in [0.1, 0.15) is 16.1 Å². The van der Waals surface area contributed by atoms with Gasteiger partial charge in [-0.3, -0.25) is 4.90 Å². The summed E-state index contributed by atoms with van der Waals surface area (Å²) in [5.41, 5.74) is 0. The van der Waals surface area contributed by atoms with Gasteiger partial charge in [0.15, 0.2) is 5.13 Å². The van der Waals surface area contributed by atoms with Gasteiger partial charge >= 0.3 is 18.1 Å². The number of thiophene rings is 1. The maximum atomic E-state index is 13.7. The van der Waals surface area contributed by atoms with Gasteiger partial charge in [-0.05, 0) is 25.0 Å². The number of aliphatic hydroxyl groups excluding tert-OH is 1. The minimum atomic E-state index is -4.76. The third-order valence-electron chi connectivity index (χ3n) is 5.63. The number of halogens is 4. The Morgan fingerprint density at radius 2 is 1.90 bits per heavy atom. The average Bonchev–Trinajstić information content (AvgIpc) is 3.36. The average molecular weight is 484 g/mol. The normalized spacial score (nSPS) is 24.4. The van der Waals surface area contributed by atoms with Crippen molar-refractivity contribution in [1.29, 1.82) is 0 Å². The Morgan fingerprint density at radius 3 is 2.48 bits per heavy atom. The molecule has 14 heteroatoms. The molecule has 2 aromatic rings. The molecule has 0 saturated carbocycles. The standard InChI is InChI=1S/C17H20F4N4O4S2/c18-13-2-1-12(30-13)11-9-24(16-23-22-15(29-16)17(19,20)21)5-6-25(11)14(26)10-3-7-31(27,28)8-4-10/h1-2,10-11,14,26H,3-9H2. The van der Waals surface area contributed by atoms with Gasteiger partial charge in [-0.1, -0.05) is 5.10 Å². The van der Waals surface area contributed by atoms with Crippen LogP contribution >= 0.6 is 11.3 Å². The Hall–Kier alpha value is -1.77. The zero-order chi connectivity index (χ0) is 22.4. The maximum absolute atomic E-state index is 13.7. The Labute approximate surface area is 179 Å². The number of piperazine rings is 1. The van der Waals surface area contributed by atoms with E-state index in [0.29, 0.717) is 17.7 Å². The first-order valence-electron chi connectivity index (χ1n) is 9.58. The van der Waals surface area contributed by atoms with Crippen LogP contribution in [0.4, 0.5) is 23.6 Å². The van der Waals surface area contributed by atoms with Crippen LogP contribution in [0.5, 0.6) is 0 Å². The number of nitrogens with zero attached hydrogens (tertiary/aromatic N) is 4. The van der Waals surface area contributed by atoms with Crippen molar-refractivity contribution >= 4 is 27.2 Å². The molecule has 4 rings (SSSR count). The second-order valence-corrected chi connectivity index (χ2v) is 11.0. The van der Waals surface area contributed by atoms with E-state index in [2.05, 4.69) is 10.2 Å². The predicted molar refractivity (Wildman–Crippen MR) is 103 cm³/mol. The van der Waals surface area contributed by atoms with Crippen LogP contribution in [0.3, 0.4) is 0 Å². The van der Waals surface area contributed by atoms with Crippen molar-refractivity contribution < 1.29 is 35.5 Å². The maximum Gasteiger partial charge on any atom is 0.470 e. The minimum absolute atomic E-state index is 0.00477. The fraction of sp³-hybridized carbons (Fsp3) is 0.647. The SMILES string of the molecule is O=S1(=O)CCC(C(O)N2CCN(c3nnc(C(F)(F)F)o3)CC2c2ccc(F)s2)CC1. The highest BCUT2D eigenvalue weighted by Crippen LogP contribution is 2.37. The van der Waals surface area contributed by atoms with Gasteiger partial charge in [0.05, 0.1) is 17.5 Å². The summed E-state index contributed by atoms with van der Waals surface area (Å²) in [5, 5.41) is 17.1. The summed E-state index contributed by atoms with van der Waals surface area (Å²) in [6.45, 7) is 0.534. The molecule has 2 fully saturated rings. The molecule has 2 aliphatic heterocycles. The zero-order valence-corrected chi connectivity index (χ0v) is 17.8. The van der Waals surface area contributed by atoms with Crippen molar-refractivity contribution in [1.82, 2.24) is 15.1 Å². The third-order valence-corrected chi connectivity index (χ3v) is 8.32. The molecule has 1 N–H and O–H groups in total. The van der Waals surface area contributed by atoms with E-state index in [-0.39, 0.29) is 43.1 Å². The van der Waals surface area contributed by atoms with Crippen molar-refractivity contribution in [3.05, 3.63) is 28.0 Å². The zero-order valence-electron chi connectivity index (χ0n) is 16.1. The highest BCUT2D eigenvalue weighted by atomic mass is 32.2. The van der Waals surface area contributed by atoms with E-state index in [9.17, 15) is 31.1 Å². The lowest BCUT2D eigenvalue weighted by Crippen LogP contribution is -2.54. The number of hydrogen-bond donors (Lipinski definition) is 1. The predicted octanol–water partition coefficient (Wildman–Crippen LogP) is 2.30. The molecule has 0 bridgehead atoms. The molecule has 172 valence electrons. The lowest BCUT2D eigenvalue weighted by Gasteiger charge is -2.45. The van der Waals surface area contributed by atoms with Crippen molar-refractivity contribution in [2.45, 2.75) is 31.3 Å². The Morgan fingerprint density at radius 1 is 1.19 bits per heavy atom. The molecule has 8 nitrogen and oxygen atoms in total. The first kappa shape index (κ1) is 22.4. The van der Waals surface area contributed by atoms with Gasteiger partial charge in [0, 0.05) is 30.4 Å². The molecule has 2 unspecified atom stereocenters. The summed E-state index contributed by atoms with van der Waals surface area (Å²) in [6.07, 6.45) is -5.11. The van der Waals surface area contributed by atoms with Gasteiger partial charge < -0.3 is 14.4 Å². The lowest BCUT2D eigenvalue weighted by molar-refractivity contribution is -0.157. The van der Waals surface area contributed by atoms with Crippen molar-refractivity contribution in [3.63, 3.8) is 0 Å².